The molecule has 21 heavy (non-hydrogen) atoms. The first-order chi connectivity index (χ1) is 9.93. The second-order valence-electron chi connectivity index (χ2n) is 5.79. The third kappa shape index (κ3) is 3.81. The molecule has 1 amide bonds. The van der Waals surface area contributed by atoms with Crippen LogP contribution in [-0.2, 0) is 0 Å². The summed E-state index contributed by atoms with van der Waals surface area (Å²) in [4.78, 5) is 24.5. The van der Waals surface area contributed by atoms with Gasteiger partial charge in [0.15, 0.2) is 0 Å². The molecule has 0 atom stereocenters. The molecule has 1 aliphatic rings. The summed E-state index contributed by atoms with van der Waals surface area (Å²) in [7, 11) is 0. The highest BCUT2D eigenvalue weighted by Gasteiger charge is 2.33. The molecule has 0 unspecified atom stereocenters. The van der Waals surface area contributed by atoms with Crippen molar-refractivity contribution in [1.29, 1.82) is 0 Å². The van der Waals surface area contributed by atoms with Crippen molar-refractivity contribution in [3.8, 4) is 0 Å². The lowest BCUT2D eigenvalue weighted by molar-refractivity contribution is -0.384. The Balaban J connectivity index is 1.87. The van der Waals surface area contributed by atoms with E-state index >= 15 is 0 Å². The van der Waals surface area contributed by atoms with E-state index in [9.17, 15) is 20.0 Å². The maximum absolute atomic E-state index is 11.9. The van der Waals surface area contributed by atoms with Gasteiger partial charge in [-0.25, -0.2) is 0 Å². The smallest absolute Gasteiger partial charge is 0.287 e. The molecule has 0 radical (unpaired) electrons. The maximum Gasteiger partial charge on any atom is 0.287 e. The lowest BCUT2D eigenvalue weighted by atomic mass is 9.78. The fraction of sp³-hybridized carbons (Fsp3) is 0.643. The van der Waals surface area contributed by atoms with Gasteiger partial charge in [0, 0.05) is 12.6 Å². The van der Waals surface area contributed by atoms with Gasteiger partial charge < -0.3 is 15.4 Å². The topological polar surface area (TPSA) is 108 Å². The third-order valence-corrected chi connectivity index (χ3v) is 4.31. The van der Waals surface area contributed by atoms with Crippen molar-refractivity contribution in [3.05, 3.63) is 28.1 Å². The summed E-state index contributed by atoms with van der Waals surface area (Å²) >= 11 is 0. The highest BCUT2D eigenvalue weighted by molar-refractivity contribution is 5.93. The predicted molar refractivity (Wildman–Crippen MR) is 77.0 cm³/mol. The SMILES string of the molecule is CCC1CCC(O)(CNC(=O)c2cc([N+](=O)[O-])c[nH]2)CC1. The van der Waals surface area contributed by atoms with Crippen LogP contribution in [0.15, 0.2) is 12.3 Å². The first-order valence-electron chi connectivity index (χ1n) is 7.27. The van der Waals surface area contributed by atoms with Gasteiger partial charge in [-0.2, -0.15) is 0 Å². The Bertz CT molecular complexity index is 518. The number of hydrogen-bond acceptors (Lipinski definition) is 4. The molecule has 1 aromatic rings. The van der Waals surface area contributed by atoms with Crippen LogP contribution in [0, 0.1) is 16.0 Å². The molecule has 3 N–H and O–H groups in total. The van der Waals surface area contributed by atoms with Crippen LogP contribution >= 0.6 is 0 Å². The molecule has 7 heteroatoms. The summed E-state index contributed by atoms with van der Waals surface area (Å²) in [6.45, 7) is 2.32. The highest BCUT2D eigenvalue weighted by Crippen LogP contribution is 2.33. The van der Waals surface area contributed by atoms with Crippen LogP contribution in [0.2, 0.25) is 0 Å². The lowest BCUT2D eigenvalue weighted by Gasteiger charge is -2.35. The molecule has 0 spiro atoms. The van der Waals surface area contributed by atoms with E-state index in [0.717, 1.165) is 19.3 Å². The molecular weight excluding hydrogens is 274 g/mol. The van der Waals surface area contributed by atoms with Crippen molar-refractivity contribution in [1.82, 2.24) is 10.3 Å². The maximum atomic E-state index is 11.9. The molecule has 1 heterocycles. The predicted octanol–water partition coefficient (Wildman–Crippen LogP) is 1.98. The van der Waals surface area contributed by atoms with Crippen molar-refractivity contribution in [2.24, 2.45) is 5.92 Å². The second kappa shape index (κ2) is 6.26. The first-order valence-corrected chi connectivity index (χ1v) is 7.27. The number of H-pyrrole nitrogens is 1. The van der Waals surface area contributed by atoms with Crippen LogP contribution < -0.4 is 5.32 Å². The lowest BCUT2D eigenvalue weighted by Crippen LogP contribution is -2.45. The number of hydrogen-bond donors (Lipinski definition) is 3. The number of nitro groups is 1. The van der Waals surface area contributed by atoms with Crippen LogP contribution in [0.3, 0.4) is 0 Å². The van der Waals surface area contributed by atoms with E-state index in [4.69, 9.17) is 0 Å². The molecule has 1 fully saturated rings. The molecular formula is C14H21N3O4. The van der Waals surface area contributed by atoms with Crippen molar-refractivity contribution in [2.45, 2.75) is 44.6 Å². The molecule has 2 rings (SSSR count). The van der Waals surface area contributed by atoms with Gasteiger partial charge >= 0.3 is 0 Å². The number of aromatic amines is 1. The van der Waals surface area contributed by atoms with E-state index < -0.39 is 16.4 Å². The number of aliphatic hydroxyl groups is 1. The average Bonchev–Trinajstić information content (AvgIpc) is 2.96. The number of rotatable bonds is 5. The summed E-state index contributed by atoms with van der Waals surface area (Å²) in [6.07, 6.45) is 5.59. The van der Waals surface area contributed by atoms with Crippen LogP contribution in [-0.4, -0.2) is 33.1 Å². The van der Waals surface area contributed by atoms with Crippen LogP contribution in [0.4, 0.5) is 5.69 Å². The number of amides is 1. The largest absolute Gasteiger partial charge is 0.388 e. The van der Waals surface area contributed by atoms with Crippen molar-refractivity contribution in [3.63, 3.8) is 0 Å². The molecule has 116 valence electrons. The van der Waals surface area contributed by atoms with E-state index in [0.29, 0.717) is 18.8 Å². The highest BCUT2D eigenvalue weighted by atomic mass is 16.6. The molecule has 1 saturated carbocycles. The minimum atomic E-state index is -0.861. The fourth-order valence-corrected chi connectivity index (χ4v) is 2.76. The molecule has 1 aliphatic carbocycles. The summed E-state index contributed by atoms with van der Waals surface area (Å²) in [5.74, 6) is 0.223. The Morgan fingerprint density at radius 3 is 2.76 bits per heavy atom. The quantitative estimate of drug-likeness (QED) is 0.570. The summed E-state index contributed by atoms with van der Waals surface area (Å²) in [5, 5.41) is 23.7. The monoisotopic (exact) mass is 295 g/mol. The zero-order valence-corrected chi connectivity index (χ0v) is 12.1. The number of carbonyl (C=O) groups is 1. The van der Waals surface area contributed by atoms with Gasteiger partial charge in [-0.1, -0.05) is 13.3 Å². The van der Waals surface area contributed by atoms with Gasteiger partial charge in [-0.15, -0.1) is 0 Å². The first kappa shape index (κ1) is 15.5. The zero-order valence-electron chi connectivity index (χ0n) is 12.1. The van der Waals surface area contributed by atoms with Gasteiger partial charge in [0.1, 0.15) is 5.69 Å². The van der Waals surface area contributed by atoms with Crippen molar-refractivity contribution < 1.29 is 14.8 Å². The number of nitrogens with zero attached hydrogens (tertiary/aromatic N) is 1. The minimum Gasteiger partial charge on any atom is -0.388 e. The normalized spacial score (nSPS) is 25.5. The van der Waals surface area contributed by atoms with E-state index in [-0.39, 0.29) is 17.9 Å². The summed E-state index contributed by atoms with van der Waals surface area (Å²) in [6, 6.07) is 1.19. The Morgan fingerprint density at radius 1 is 1.57 bits per heavy atom. The molecule has 7 nitrogen and oxygen atoms in total. The molecule has 1 aromatic heterocycles. The van der Waals surface area contributed by atoms with Crippen molar-refractivity contribution in [2.75, 3.05) is 6.54 Å². The van der Waals surface area contributed by atoms with Gasteiger partial charge in [-0.05, 0) is 31.6 Å². The summed E-state index contributed by atoms with van der Waals surface area (Å²) in [5.41, 5.74) is -0.880. The third-order valence-electron chi connectivity index (χ3n) is 4.31. The fourth-order valence-electron chi connectivity index (χ4n) is 2.76. The van der Waals surface area contributed by atoms with Crippen LogP contribution in [0.1, 0.15) is 49.5 Å². The Kier molecular flexibility index (Phi) is 4.62. The van der Waals surface area contributed by atoms with E-state index in [2.05, 4.69) is 17.2 Å². The average molecular weight is 295 g/mol. The number of aromatic nitrogens is 1. The molecule has 0 aliphatic heterocycles. The second-order valence-corrected chi connectivity index (χ2v) is 5.79. The summed E-state index contributed by atoms with van der Waals surface area (Å²) < 4.78 is 0. The molecule has 0 aromatic carbocycles. The van der Waals surface area contributed by atoms with E-state index in [1.165, 1.54) is 12.3 Å². The molecule has 0 bridgehead atoms. The van der Waals surface area contributed by atoms with Gasteiger partial charge in [0.2, 0.25) is 0 Å². The molecule has 0 saturated heterocycles. The number of nitrogens with one attached hydrogen (secondary N) is 2. The van der Waals surface area contributed by atoms with Gasteiger partial charge in [-0.3, -0.25) is 14.9 Å². The Hall–Kier alpha value is -1.89. The van der Waals surface area contributed by atoms with E-state index in [1.807, 2.05) is 0 Å². The van der Waals surface area contributed by atoms with Gasteiger partial charge in [0.05, 0.1) is 16.7 Å². The van der Waals surface area contributed by atoms with E-state index in [1.54, 1.807) is 0 Å². The van der Waals surface area contributed by atoms with Crippen molar-refractivity contribution >= 4 is 11.6 Å². The van der Waals surface area contributed by atoms with Crippen LogP contribution in [0.5, 0.6) is 0 Å². The Labute approximate surface area is 122 Å². The standard InChI is InChI=1S/C14H21N3O4/c1-2-10-3-5-14(19,6-4-10)9-16-13(18)12-7-11(8-15-12)17(20)21/h7-8,10,15,19H,2-6,9H2,1H3,(H,16,18). The van der Waals surface area contributed by atoms with Crippen LogP contribution in [0.25, 0.3) is 0 Å². The number of carbonyl (C=O) groups excluding carboxylic acids is 1. The Morgan fingerprint density at radius 2 is 2.24 bits per heavy atom. The minimum absolute atomic E-state index is 0.132. The zero-order chi connectivity index (χ0) is 15.5. The van der Waals surface area contributed by atoms with Gasteiger partial charge in [0.25, 0.3) is 11.6 Å².